The number of hydrogen-bond acceptors (Lipinski definition) is 4. The minimum Gasteiger partial charge on any atom is -0.377 e. The van der Waals surface area contributed by atoms with Gasteiger partial charge in [-0.15, -0.1) is 0 Å². The Kier molecular flexibility index (Phi) is 6.01. The van der Waals surface area contributed by atoms with Crippen LogP contribution in [0.3, 0.4) is 0 Å². The molecule has 1 saturated heterocycles. The fraction of sp³-hybridized carbons (Fsp3) is 0.562. The molecule has 23 heavy (non-hydrogen) atoms. The van der Waals surface area contributed by atoms with Gasteiger partial charge in [0.1, 0.15) is 0 Å². The summed E-state index contributed by atoms with van der Waals surface area (Å²) in [6, 6.07) is 6.72. The van der Waals surface area contributed by atoms with Crippen molar-refractivity contribution >= 4 is 21.6 Å². The molecule has 0 radical (unpaired) electrons. The molecular formula is C16H24N2O4S. The monoisotopic (exact) mass is 340 g/mol. The first-order chi connectivity index (χ1) is 11.0. The quantitative estimate of drug-likeness (QED) is 0.860. The van der Waals surface area contributed by atoms with Gasteiger partial charge < -0.3 is 9.64 Å². The summed E-state index contributed by atoms with van der Waals surface area (Å²) in [5, 5.41) is 0. The Morgan fingerprint density at radius 1 is 1.35 bits per heavy atom. The van der Waals surface area contributed by atoms with Crippen molar-refractivity contribution in [2.75, 3.05) is 30.2 Å². The third kappa shape index (κ3) is 4.68. The second kappa shape index (κ2) is 7.79. The Morgan fingerprint density at radius 2 is 2.09 bits per heavy atom. The van der Waals surface area contributed by atoms with Crippen LogP contribution in [0.1, 0.15) is 37.0 Å². The van der Waals surface area contributed by atoms with Crippen LogP contribution in [-0.4, -0.2) is 50.8 Å². The average Bonchev–Trinajstić information content (AvgIpc) is 2.55. The second-order valence-electron chi connectivity index (χ2n) is 5.52. The predicted octanol–water partition coefficient (Wildman–Crippen LogP) is 2.09. The molecule has 1 unspecified atom stereocenters. The van der Waals surface area contributed by atoms with E-state index in [0.29, 0.717) is 30.9 Å². The van der Waals surface area contributed by atoms with Gasteiger partial charge in [-0.2, -0.15) is 0 Å². The molecule has 1 N–H and O–H groups in total. The molecule has 1 aliphatic heterocycles. The fourth-order valence-electron chi connectivity index (χ4n) is 2.66. The van der Waals surface area contributed by atoms with Crippen LogP contribution in [0.2, 0.25) is 0 Å². The number of rotatable bonds is 6. The van der Waals surface area contributed by atoms with Crippen LogP contribution in [0.15, 0.2) is 24.3 Å². The highest BCUT2D eigenvalue weighted by Crippen LogP contribution is 2.22. The number of likely N-dealkylation sites (tertiary alicyclic amines) is 1. The number of carbonyl (C=O) groups excluding carboxylic acids is 1. The zero-order valence-corrected chi connectivity index (χ0v) is 14.4. The molecular weight excluding hydrogens is 316 g/mol. The third-order valence-corrected chi connectivity index (χ3v) is 5.16. The van der Waals surface area contributed by atoms with Crippen LogP contribution in [-0.2, 0) is 14.8 Å². The molecule has 7 heteroatoms. The summed E-state index contributed by atoms with van der Waals surface area (Å²) in [7, 11) is -3.42. The molecule has 2 rings (SSSR count). The fourth-order valence-corrected chi connectivity index (χ4v) is 3.32. The van der Waals surface area contributed by atoms with Gasteiger partial charge >= 0.3 is 0 Å². The Morgan fingerprint density at radius 3 is 2.78 bits per heavy atom. The van der Waals surface area contributed by atoms with Crippen LogP contribution in [0, 0.1) is 0 Å². The molecule has 1 fully saturated rings. The number of ether oxygens (including phenoxy) is 1. The molecule has 0 aliphatic carbocycles. The number of para-hydroxylation sites is 1. The smallest absolute Gasteiger partial charge is 0.256 e. The molecule has 0 bridgehead atoms. The molecule has 1 aliphatic rings. The first-order valence-corrected chi connectivity index (χ1v) is 9.62. The molecule has 0 saturated carbocycles. The largest absolute Gasteiger partial charge is 0.377 e. The minimum absolute atomic E-state index is 0.0361. The van der Waals surface area contributed by atoms with Gasteiger partial charge in [0.15, 0.2) is 0 Å². The van der Waals surface area contributed by atoms with Gasteiger partial charge in [0.05, 0.1) is 23.1 Å². The van der Waals surface area contributed by atoms with Crippen LogP contribution in [0.4, 0.5) is 5.69 Å². The van der Waals surface area contributed by atoms with Crippen molar-refractivity contribution < 1.29 is 17.9 Å². The number of amides is 1. The van der Waals surface area contributed by atoms with Gasteiger partial charge in [-0.25, -0.2) is 8.42 Å². The van der Waals surface area contributed by atoms with Crippen molar-refractivity contribution in [1.29, 1.82) is 0 Å². The van der Waals surface area contributed by atoms with E-state index in [1.54, 1.807) is 36.1 Å². The van der Waals surface area contributed by atoms with Gasteiger partial charge in [0, 0.05) is 19.7 Å². The maximum absolute atomic E-state index is 12.8. The zero-order valence-electron chi connectivity index (χ0n) is 13.6. The standard InChI is InChI=1S/C16H24N2O4S/c1-3-22-13-8-7-11-18(12-13)16(19)14-9-5-6-10-15(14)17-23(20,21)4-2/h5-6,9-10,13,17H,3-4,7-8,11-12H2,1-2H3. The molecule has 0 spiro atoms. The number of sulfonamides is 1. The van der Waals surface area contributed by atoms with E-state index in [-0.39, 0.29) is 17.8 Å². The Labute approximate surface area is 137 Å². The number of benzene rings is 1. The number of nitrogens with one attached hydrogen (secondary N) is 1. The number of piperidine rings is 1. The highest BCUT2D eigenvalue weighted by molar-refractivity contribution is 7.92. The average molecular weight is 340 g/mol. The van der Waals surface area contributed by atoms with Gasteiger partial charge in [-0.05, 0) is 38.8 Å². The van der Waals surface area contributed by atoms with Crippen molar-refractivity contribution in [1.82, 2.24) is 4.90 Å². The lowest BCUT2D eigenvalue weighted by molar-refractivity contribution is 0.00728. The van der Waals surface area contributed by atoms with Crippen LogP contribution in [0.5, 0.6) is 0 Å². The SMILES string of the molecule is CCOC1CCCN(C(=O)c2ccccc2NS(=O)(=O)CC)C1. The van der Waals surface area contributed by atoms with Crippen molar-refractivity contribution in [3.8, 4) is 0 Å². The summed E-state index contributed by atoms with van der Waals surface area (Å²) in [5.74, 6) is -0.199. The second-order valence-corrected chi connectivity index (χ2v) is 7.53. The molecule has 128 valence electrons. The molecule has 6 nitrogen and oxygen atoms in total. The minimum atomic E-state index is -3.42. The summed E-state index contributed by atoms with van der Waals surface area (Å²) in [6.07, 6.45) is 1.89. The van der Waals surface area contributed by atoms with E-state index in [1.165, 1.54) is 0 Å². The van der Waals surface area contributed by atoms with E-state index in [4.69, 9.17) is 4.74 Å². The van der Waals surface area contributed by atoms with E-state index in [1.807, 2.05) is 6.92 Å². The molecule has 1 heterocycles. The van der Waals surface area contributed by atoms with Gasteiger partial charge in [0.25, 0.3) is 5.91 Å². The summed E-state index contributed by atoms with van der Waals surface area (Å²) in [5.41, 5.74) is 0.708. The Bertz CT molecular complexity index is 643. The lowest BCUT2D eigenvalue weighted by atomic mass is 10.1. The molecule has 0 aromatic heterocycles. The maximum atomic E-state index is 12.8. The highest BCUT2D eigenvalue weighted by atomic mass is 32.2. The molecule has 1 aromatic rings. The Hall–Kier alpha value is -1.60. The number of nitrogens with zero attached hydrogens (tertiary/aromatic N) is 1. The zero-order chi connectivity index (χ0) is 16.9. The van der Waals surface area contributed by atoms with Gasteiger partial charge in [-0.1, -0.05) is 12.1 Å². The normalized spacial score (nSPS) is 18.7. The predicted molar refractivity (Wildman–Crippen MR) is 90.1 cm³/mol. The van der Waals surface area contributed by atoms with Crippen LogP contribution in [0.25, 0.3) is 0 Å². The van der Waals surface area contributed by atoms with E-state index in [2.05, 4.69) is 4.72 Å². The van der Waals surface area contributed by atoms with E-state index in [9.17, 15) is 13.2 Å². The number of carbonyl (C=O) groups is 1. The van der Waals surface area contributed by atoms with Crippen molar-refractivity contribution in [3.63, 3.8) is 0 Å². The van der Waals surface area contributed by atoms with Crippen LogP contribution < -0.4 is 4.72 Å². The first-order valence-electron chi connectivity index (χ1n) is 7.97. The summed E-state index contributed by atoms with van der Waals surface area (Å²) < 4.78 is 31.7. The topological polar surface area (TPSA) is 75.7 Å². The van der Waals surface area contributed by atoms with Gasteiger partial charge in [-0.3, -0.25) is 9.52 Å². The van der Waals surface area contributed by atoms with Gasteiger partial charge in [0.2, 0.25) is 10.0 Å². The van der Waals surface area contributed by atoms with Crippen LogP contribution >= 0.6 is 0 Å². The highest BCUT2D eigenvalue weighted by Gasteiger charge is 2.26. The van der Waals surface area contributed by atoms with Crippen molar-refractivity contribution in [2.24, 2.45) is 0 Å². The number of hydrogen-bond donors (Lipinski definition) is 1. The third-order valence-electron chi connectivity index (χ3n) is 3.87. The molecule has 1 amide bonds. The van der Waals surface area contributed by atoms with Crippen molar-refractivity contribution in [2.45, 2.75) is 32.8 Å². The van der Waals surface area contributed by atoms with Crippen molar-refractivity contribution in [3.05, 3.63) is 29.8 Å². The summed E-state index contributed by atoms with van der Waals surface area (Å²) >= 11 is 0. The van der Waals surface area contributed by atoms with E-state index < -0.39 is 10.0 Å². The summed E-state index contributed by atoms with van der Waals surface area (Å²) in [4.78, 5) is 14.5. The lowest BCUT2D eigenvalue weighted by Gasteiger charge is -2.33. The Balaban J connectivity index is 2.19. The molecule has 1 atom stereocenters. The maximum Gasteiger partial charge on any atom is 0.256 e. The molecule has 1 aromatic carbocycles. The number of anilines is 1. The van der Waals surface area contributed by atoms with E-state index in [0.717, 1.165) is 12.8 Å². The van der Waals surface area contributed by atoms with E-state index >= 15 is 0 Å². The summed E-state index contributed by atoms with van der Waals surface area (Å²) in [6.45, 7) is 5.33. The first kappa shape index (κ1) is 17.7. The lowest BCUT2D eigenvalue weighted by Crippen LogP contribution is -2.43.